The largest absolute Gasteiger partial charge is 0.497 e. The van der Waals surface area contributed by atoms with Crippen molar-refractivity contribution in [3.63, 3.8) is 0 Å². The molecule has 4 aliphatic heterocycles. The van der Waals surface area contributed by atoms with Gasteiger partial charge in [0, 0.05) is 78.4 Å². The lowest BCUT2D eigenvalue weighted by Gasteiger charge is -2.34. The number of methoxy groups -OCH3 is 2. The molecule has 3 N–H and O–H groups in total. The van der Waals surface area contributed by atoms with Gasteiger partial charge in [0.25, 0.3) is 10.1 Å². The summed E-state index contributed by atoms with van der Waals surface area (Å²) in [6, 6.07) is 27.0. The molecule has 9 aromatic rings. The van der Waals surface area contributed by atoms with Gasteiger partial charge in [-0.25, -0.2) is 29.9 Å². The molecule has 448 valence electrons. The summed E-state index contributed by atoms with van der Waals surface area (Å²) >= 11 is 3.21. The van der Waals surface area contributed by atoms with Crippen molar-refractivity contribution in [1.82, 2.24) is 48.9 Å². The van der Waals surface area contributed by atoms with Crippen LogP contribution >= 0.6 is 22.7 Å². The average Bonchev–Trinajstić information content (AvgIpc) is 2.04. The molecule has 4 aliphatic rings. The number of hydrogen-bond donors (Lipinski definition) is 3. The Balaban J connectivity index is 0.000000140. The summed E-state index contributed by atoms with van der Waals surface area (Å²) in [6.07, 6.45) is 11.9. The third-order valence-electron chi connectivity index (χ3n) is 14.8. The van der Waals surface area contributed by atoms with Crippen molar-refractivity contribution in [3.05, 3.63) is 126 Å². The predicted octanol–water partition coefficient (Wildman–Crippen LogP) is 10.1. The molecule has 85 heavy (non-hydrogen) atoms. The number of fused-ring (bicyclic) bond motifs is 2. The first-order valence-corrected chi connectivity index (χ1v) is 31.7. The topological polar surface area (TPSA) is 224 Å². The molecule has 0 amide bonds. The van der Waals surface area contributed by atoms with Gasteiger partial charge >= 0.3 is 0 Å². The van der Waals surface area contributed by atoms with Gasteiger partial charge in [-0.05, 0) is 122 Å². The summed E-state index contributed by atoms with van der Waals surface area (Å²) in [5.74, 6) is 1.72. The number of thiazole rings is 2. The summed E-state index contributed by atoms with van der Waals surface area (Å²) in [5.41, 5.74) is 8.32. The average molecular weight is 1210 g/mol. The molecule has 24 heteroatoms. The van der Waals surface area contributed by atoms with Gasteiger partial charge in [-0.3, -0.25) is 17.9 Å². The molecule has 6 aromatic heterocycles. The fourth-order valence-electron chi connectivity index (χ4n) is 10.7. The van der Waals surface area contributed by atoms with E-state index < -0.39 is 21.7 Å². The third-order valence-corrected chi connectivity index (χ3v) is 17.6. The van der Waals surface area contributed by atoms with Gasteiger partial charge in [0.2, 0.25) is 11.9 Å². The first-order valence-electron chi connectivity index (χ1n) is 28.5. The van der Waals surface area contributed by atoms with Crippen LogP contribution in [0.4, 0.5) is 11.9 Å². The fraction of sp³-hybridized carbons (Fsp3) is 0.410. The van der Waals surface area contributed by atoms with Gasteiger partial charge in [-0.2, -0.15) is 8.42 Å². The first-order chi connectivity index (χ1) is 41.1. The second-order valence-electron chi connectivity index (χ2n) is 22.1. The van der Waals surface area contributed by atoms with Crippen LogP contribution in [0.3, 0.4) is 0 Å². The van der Waals surface area contributed by atoms with E-state index in [0.717, 1.165) is 131 Å². The molecule has 21 nitrogen and oxygen atoms in total. The highest BCUT2D eigenvalue weighted by atomic mass is 32.2. The minimum absolute atomic E-state index is 0.0420. The molecule has 0 spiro atoms. The molecular formula is C61H72N12O9S3. The van der Waals surface area contributed by atoms with Crippen LogP contribution in [0.1, 0.15) is 58.9 Å². The number of aromatic nitrogens is 8. The van der Waals surface area contributed by atoms with Crippen LogP contribution in [-0.2, 0) is 33.2 Å². The molecule has 4 saturated heterocycles. The lowest BCUT2D eigenvalue weighted by Crippen LogP contribution is -2.45. The Bertz CT molecular complexity index is 3810. The number of imidazole rings is 2. The Hall–Kier alpha value is -6.97. The summed E-state index contributed by atoms with van der Waals surface area (Å²) in [6.45, 7) is 15.2. The van der Waals surface area contributed by atoms with Crippen LogP contribution in [0.25, 0.3) is 55.2 Å². The minimum atomic E-state index is -3.74. The zero-order valence-corrected chi connectivity index (χ0v) is 51.2. The van der Waals surface area contributed by atoms with Crippen molar-refractivity contribution in [2.45, 2.75) is 101 Å². The number of likely N-dealkylation sites (tertiary alicyclic amines) is 1. The van der Waals surface area contributed by atoms with E-state index in [0.29, 0.717) is 31.2 Å². The van der Waals surface area contributed by atoms with Gasteiger partial charge in [-0.15, -0.1) is 22.7 Å². The van der Waals surface area contributed by atoms with E-state index >= 15 is 0 Å². The molecule has 10 heterocycles. The number of anilines is 2. The third kappa shape index (κ3) is 14.8. The Morgan fingerprint density at radius 2 is 1.25 bits per heavy atom. The normalized spacial score (nSPS) is 20.3. The van der Waals surface area contributed by atoms with Crippen molar-refractivity contribution in [2.75, 3.05) is 77.4 Å². The van der Waals surface area contributed by atoms with Crippen LogP contribution in [0.5, 0.6) is 11.5 Å². The lowest BCUT2D eigenvalue weighted by molar-refractivity contribution is -0.141. The van der Waals surface area contributed by atoms with Gasteiger partial charge in [0.15, 0.2) is 21.5 Å². The molecular weight excluding hydrogens is 1140 g/mol. The first kappa shape index (κ1) is 59.7. The van der Waals surface area contributed by atoms with E-state index in [-0.39, 0.29) is 29.8 Å². The summed E-state index contributed by atoms with van der Waals surface area (Å²) in [7, 11) is -0.386. The van der Waals surface area contributed by atoms with Crippen LogP contribution < -0.4 is 25.4 Å². The number of piperidine rings is 2. The Morgan fingerprint density at radius 3 is 1.78 bits per heavy atom. The zero-order valence-electron chi connectivity index (χ0n) is 48.8. The fourth-order valence-corrected chi connectivity index (χ4v) is 13.1. The zero-order chi connectivity index (χ0) is 59.1. The highest BCUT2D eigenvalue weighted by molar-refractivity contribution is 7.86. The lowest BCUT2D eigenvalue weighted by atomic mass is 10.1. The summed E-state index contributed by atoms with van der Waals surface area (Å²) in [5, 5.41) is 14.6. The van der Waals surface area contributed by atoms with Crippen LogP contribution in [-0.4, -0.2) is 155 Å². The number of ether oxygens (including phenoxy) is 6. The number of hydrogen-bond acceptors (Lipinski definition) is 21. The molecule has 4 fully saturated rings. The molecule has 13 rings (SSSR count). The quantitative estimate of drug-likeness (QED) is 0.0765. The minimum Gasteiger partial charge on any atom is -0.497 e. The summed E-state index contributed by atoms with van der Waals surface area (Å²) < 4.78 is 66.5. The Kier molecular flexibility index (Phi) is 18.5. The van der Waals surface area contributed by atoms with Gasteiger partial charge in [0.05, 0.1) is 67.8 Å². The van der Waals surface area contributed by atoms with E-state index in [1.165, 1.54) is 12.1 Å². The number of benzene rings is 3. The van der Waals surface area contributed by atoms with Crippen LogP contribution in [0, 0.1) is 6.92 Å². The van der Waals surface area contributed by atoms with Crippen molar-refractivity contribution >= 4 is 54.6 Å². The molecule has 3 aromatic carbocycles. The Morgan fingerprint density at radius 1 is 0.694 bits per heavy atom. The number of nitrogens with zero attached hydrogens (tertiary/aromatic N) is 9. The number of nitrogens with one attached hydrogen (secondary N) is 3. The molecule has 0 unspecified atom stereocenters. The Labute approximate surface area is 503 Å². The van der Waals surface area contributed by atoms with E-state index in [2.05, 4.69) is 45.7 Å². The maximum Gasteiger partial charge on any atom is 0.297 e. The molecule has 0 saturated carbocycles. The van der Waals surface area contributed by atoms with Crippen molar-refractivity contribution < 1.29 is 41.0 Å². The molecule has 0 bridgehead atoms. The SMILES string of the molecule is COc1cccc(-c2nc3sccn3c2-c2ccnc(N[C@@H]3CCCN(C[C@@H]4COC(C)(C)O4)C3)n2)c1.COc1cccc(-c2nc3sccn3c2-c2ccnc(N[C@@H]3CCCNC3)n2)c1.Cc1ccc(S(=O)(=O)OC[C@@H]2COC(C)(C)O2)cc1. The maximum atomic E-state index is 11.9. The van der Waals surface area contributed by atoms with Gasteiger partial charge in [0.1, 0.15) is 29.0 Å². The van der Waals surface area contributed by atoms with E-state index in [1.807, 2.05) is 111 Å². The van der Waals surface area contributed by atoms with Crippen LogP contribution in [0.15, 0.2) is 125 Å². The van der Waals surface area contributed by atoms with Crippen molar-refractivity contribution in [2.24, 2.45) is 0 Å². The number of rotatable bonds is 16. The molecule has 0 aliphatic carbocycles. The maximum absolute atomic E-state index is 11.9. The second kappa shape index (κ2) is 26.3. The van der Waals surface area contributed by atoms with E-state index in [9.17, 15) is 8.42 Å². The van der Waals surface area contributed by atoms with Gasteiger partial charge in [-0.1, -0.05) is 42.0 Å². The highest BCUT2D eigenvalue weighted by Crippen LogP contribution is 2.37. The highest BCUT2D eigenvalue weighted by Gasteiger charge is 2.36. The van der Waals surface area contributed by atoms with Crippen molar-refractivity contribution in [3.8, 4) is 56.8 Å². The summed E-state index contributed by atoms with van der Waals surface area (Å²) in [4.78, 5) is 33.0. The van der Waals surface area contributed by atoms with Gasteiger partial charge < -0.3 is 44.4 Å². The van der Waals surface area contributed by atoms with E-state index in [1.54, 1.807) is 62.9 Å². The molecule has 4 atom stereocenters. The monoisotopic (exact) mass is 1210 g/mol. The number of aryl methyl sites for hydroxylation is 1. The predicted molar refractivity (Wildman–Crippen MR) is 329 cm³/mol. The van der Waals surface area contributed by atoms with E-state index in [4.69, 9.17) is 52.5 Å². The van der Waals surface area contributed by atoms with Crippen LogP contribution in [0.2, 0.25) is 0 Å². The van der Waals surface area contributed by atoms with Crippen molar-refractivity contribution in [1.29, 1.82) is 0 Å². The second-order valence-corrected chi connectivity index (χ2v) is 25.5. The standard InChI is InChI=1S/C27H32N6O3S.C21H22N6OS.C13H18O5S/c1-27(2)35-17-21(36-27)16-32-11-5-7-19(15-32)29-25-28-10-9-22(30-25)24-23(31-26-33(24)12-13-37-26)18-6-4-8-20(14-18)34-3;1-28-16-6-2-4-14(12-16)18-19(27-10-11-29-21(27)26-18)17-7-9-23-20(25-17)24-15-5-3-8-22-13-15;1-10-4-6-12(7-5-10)19(14,15)17-9-11-8-16-13(2,3)18-11/h4,6,8-10,12-14,19,21H,5,7,11,15-17H2,1-3H3,(H,28,29,30);2,4,6-7,9-12,15,22H,3,5,8,13H2,1H3,(H,23,24,25);4-7,11H,8-9H2,1-3H3/t19-,21-;15-;11-/m110/s1. The molecule has 0 radical (unpaired) electrons. The smallest absolute Gasteiger partial charge is 0.297 e.